The molecular formula is C33H31N3O7. The number of carbonyl (C=O) groups is 1. The van der Waals surface area contributed by atoms with Crippen LogP contribution in [-0.2, 0) is 24.5 Å². The van der Waals surface area contributed by atoms with Crippen molar-refractivity contribution in [1.82, 2.24) is 14.5 Å². The quantitative estimate of drug-likeness (QED) is 0.234. The van der Waals surface area contributed by atoms with Crippen molar-refractivity contribution in [2.24, 2.45) is 0 Å². The zero-order chi connectivity index (χ0) is 30.5. The van der Waals surface area contributed by atoms with E-state index in [4.69, 9.17) is 18.9 Å². The molecule has 43 heavy (non-hydrogen) atoms. The van der Waals surface area contributed by atoms with Gasteiger partial charge in [-0.15, -0.1) is 0 Å². The molecule has 0 aliphatic carbocycles. The number of pyridine rings is 3. The van der Waals surface area contributed by atoms with E-state index >= 15 is 0 Å². The first-order valence-corrected chi connectivity index (χ1v) is 13.5. The average Bonchev–Trinajstić information content (AvgIpc) is 3.05. The van der Waals surface area contributed by atoms with Crippen LogP contribution in [0.25, 0.3) is 21.9 Å². The van der Waals surface area contributed by atoms with Crippen LogP contribution in [0.5, 0.6) is 17.2 Å². The Morgan fingerprint density at radius 1 is 0.907 bits per heavy atom. The number of benzene rings is 2. The SMILES string of the molecule is COC(=O)c1c(-c2cc(OC)c(C)c(OC)c2)c2ccc(OCc3cccc(CO)n3)cc2c(=O)n1Cc1ccncc1. The largest absolute Gasteiger partial charge is 0.496 e. The molecule has 5 rings (SSSR count). The zero-order valence-corrected chi connectivity index (χ0v) is 24.3. The predicted octanol–water partition coefficient (Wildman–Crippen LogP) is 4.69. The first kappa shape index (κ1) is 29.3. The lowest BCUT2D eigenvalue weighted by Crippen LogP contribution is -2.28. The van der Waals surface area contributed by atoms with Crippen LogP contribution >= 0.6 is 0 Å². The highest BCUT2D eigenvalue weighted by Crippen LogP contribution is 2.39. The molecule has 0 fully saturated rings. The molecule has 220 valence electrons. The number of aromatic nitrogens is 3. The van der Waals surface area contributed by atoms with Gasteiger partial charge in [0.05, 0.1) is 51.3 Å². The molecule has 2 aromatic carbocycles. The third-order valence-corrected chi connectivity index (χ3v) is 7.17. The summed E-state index contributed by atoms with van der Waals surface area (Å²) in [4.78, 5) is 36.1. The maximum Gasteiger partial charge on any atom is 0.355 e. The smallest absolute Gasteiger partial charge is 0.355 e. The van der Waals surface area contributed by atoms with Crippen LogP contribution in [0.2, 0.25) is 0 Å². The molecule has 5 aromatic rings. The van der Waals surface area contributed by atoms with Crippen molar-refractivity contribution >= 4 is 16.7 Å². The minimum Gasteiger partial charge on any atom is -0.496 e. The fraction of sp³-hybridized carbons (Fsp3) is 0.212. The monoisotopic (exact) mass is 581 g/mol. The van der Waals surface area contributed by atoms with E-state index in [1.165, 1.54) is 11.7 Å². The van der Waals surface area contributed by atoms with Gasteiger partial charge in [-0.1, -0.05) is 6.07 Å². The van der Waals surface area contributed by atoms with E-state index in [0.717, 1.165) is 11.1 Å². The Hall–Kier alpha value is -5.22. The van der Waals surface area contributed by atoms with Crippen LogP contribution in [0.4, 0.5) is 0 Å². The lowest BCUT2D eigenvalue weighted by Gasteiger charge is -2.20. The van der Waals surface area contributed by atoms with Gasteiger partial charge in [0.25, 0.3) is 5.56 Å². The normalized spacial score (nSPS) is 10.9. The minimum atomic E-state index is -0.670. The minimum absolute atomic E-state index is 0.0865. The molecule has 0 saturated heterocycles. The summed E-state index contributed by atoms with van der Waals surface area (Å²) < 4.78 is 23.9. The Morgan fingerprint density at radius 3 is 2.26 bits per heavy atom. The number of fused-ring (bicyclic) bond motifs is 1. The number of hydrogen-bond donors (Lipinski definition) is 1. The summed E-state index contributed by atoms with van der Waals surface area (Å²) in [6.45, 7) is 1.92. The van der Waals surface area contributed by atoms with Crippen LogP contribution < -0.4 is 19.8 Å². The van der Waals surface area contributed by atoms with E-state index in [9.17, 15) is 14.7 Å². The van der Waals surface area contributed by atoms with Crippen molar-refractivity contribution in [3.8, 4) is 28.4 Å². The molecule has 0 aliphatic rings. The number of esters is 1. The van der Waals surface area contributed by atoms with Crippen molar-refractivity contribution in [1.29, 1.82) is 0 Å². The fourth-order valence-electron chi connectivity index (χ4n) is 5.03. The third kappa shape index (κ3) is 5.91. The lowest BCUT2D eigenvalue weighted by molar-refractivity contribution is 0.0588. The number of rotatable bonds is 10. The molecule has 0 unspecified atom stereocenters. The number of carbonyl (C=O) groups excluding carboxylic acids is 1. The first-order chi connectivity index (χ1) is 20.9. The molecule has 0 atom stereocenters. The second-order valence-corrected chi connectivity index (χ2v) is 9.74. The number of nitrogens with zero attached hydrogens (tertiary/aromatic N) is 3. The van der Waals surface area contributed by atoms with Crippen molar-refractivity contribution in [2.45, 2.75) is 26.7 Å². The van der Waals surface area contributed by atoms with E-state index in [-0.39, 0.29) is 25.5 Å². The second-order valence-electron chi connectivity index (χ2n) is 9.74. The molecule has 0 spiro atoms. The molecule has 0 radical (unpaired) electrons. The maximum atomic E-state index is 14.2. The van der Waals surface area contributed by atoms with E-state index in [1.54, 1.807) is 75.1 Å². The van der Waals surface area contributed by atoms with Gasteiger partial charge in [0.2, 0.25) is 0 Å². The number of aliphatic hydroxyl groups excluding tert-OH is 1. The van der Waals surface area contributed by atoms with Gasteiger partial charge in [-0.2, -0.15) is 0 Å². The molecule has 10 heteroatoms. The van der Waals surface area contributed by atoms with Gasteiger partial charge in [0, 0.05) is 23.5 Å². The number of ether oxygens (including phenoxy) is 4. The highest BCUT2D eigenvalue weighted by molar-refractivity contribution is 6.07. The van der Waals surface area contributed by atoms with E-state index in [1.807, 2.05) is 19.1 Å². The van der Waals surface area contributed by atoms with Gasteiger partial charge >= 0.3 is 5.97 Å². The Bertz CT molecular complexity index is 1830. The number of methoxy groups -OCH3 is 3. The highest BCUT2D eigenvalue weighted by Gasteiger charge is 2.26. The summed E-state index contributed by atoms with van der Waals surface area (Å²) in [6.07, 6.45) is 3.25. The summed E-state index contributed by atoms with van der Waals surface area (Å²) >= 11 is 0. The second kappa shape index (κ2) is 12.7. The number of aliphatic hydroxyl groups is 1. The van der Waals surface area contributed by atoms with Gasteiger partial charge in [0.15, 0.2) is 0 Å². The summed E-state index contributed by atoms with van der Waals surface area (Å²) in [5.74, 6) is 0.884. The van der Waals surface area contributed by atoms with E-state index in [0.29, 0.717) is 50.5 Å². The highest BCUT2D eigenvalue weighted by atomic mass is 16.5. The van der Waals surface area contributed by atoms with Crippen molar-refractivity contribution in [2.75, 3.05) is 21.3 Å². The summed E-state index contributed by atoms with van der Waals surface area (Å²) in [5.41, 5.74) is 3.50. The molecule has 10 nitrogen and oxygen atoms in total. The van der Waals surface area contributed by atoms with E-state index in [2.05, 4.69) is 9.97 Å². The van der Waals surface area contributed by atoms with Crippen molar-refractivity contribution in [3.05, 3.63) is 112 Å². The first-order valence-electron chi connectivity index (χ1n) is 13.5. The molecular weight excluding hydrogens is 550 g/mol. The molecule has 1 N–H and O–H groups in total. The van der Waals surface area contributed by atoms with Crippen LogP contribution in [0.1, 0.15) is 33.0 Å². The number of hydrogen-bond acceptors (Lipinski definition) is 9. The van der Waals surface area contributed by atoms with Crippen LogP contribution in [0, 0.1) is 6.92 Å². The zero-order valence-electron chi connectivity index (χ0n) is 24.3. The Morgan fingerprint density at radius 2 is 1.60 bits per heavy atom. The van der Waals surface area contributed by atoms with Gasteiger partial charge in [0.1, 0.15) is 29.5 Å². The summed E-state index contributed by atoms with van der Waals surface area (Å²) in [7, 11) is 4.40. The van der Waals surface area contributed by atoms with Crippen molar-refractivity contribution in [3.63, 3.8) is 0 Å². The Balaban J connectivity index is 1.76. The van der Waals surface area contributed by atoms with Crippen LogP contribution in [0.15, 0.2) is 77.9 Å². The Kier molecular flexibility index (Phi) is 8.68. The topological polar surface area (TPSA) is 122 Å². The van der Waals surface area contributed by atoms with Gasteiger partial charge < -0.3 is 24.1 Å². The fourth-order valence-corrected chi connectivity index (χ4v) is 5.03. The summed E-state index contributed by atoms with van der Waals surface area (Å²) in [5, 5.41) is 10.3. The molecule has 0 aliphatic heterocycles. The standard InChI is InChI=1S/C33H31N3O7/c1-20-28(40-2)14-22(15-29(20)41-3)30-26-9-8-25(43-19-24-7-5-6-23(18-37)35-24)16-27(26)32(38)36(31(30)33(39)42-4)17-21-10-12-34-13-11-21/h5-16,37H,17-19H2,1-4H3. The van der Waals surface area contributed by atoms with Gasteiger partial charge in [-0.3, -0.25) is 19.3 Å². The molecule has 0 amide bonds. The molecule has 3 aromatic heterocycles. The van der Waals surface area contributed by atoms with Gasteiger partial charge in [-0.25, -0.2) is 4.79 Å². The van der Waals surface area contributed by atoms with Crippen LogP contribution in [-0.4, -0.2) is 46.9 Å². The van der Waals surface area contributed by atoms with E-state index < -0.39 is 11.5 Å². The Labute approximate surface area is 248 Å². The molecule has 0 bridgehead atoms. The molecule has 3 heterocycles. The lowest BCUT2D eigenvalue weighted by atomic mass is 9.94. The van der Waals surface area contributed by atoms with Crippen LogP contribution in [0.3, 0.4) is 0 Å². The predicted molar refractivity (Wildman–Crippen MR) is 161 cm³/mol. The third-order valence-electron chi connectivity index (χ3n) is 7.17. The summed E-state index contributed by atoms with van der Waals surface area (Å²) in [6, 6.07) is 17.6. The van der Waals surface area contributed by atoms with Crippen molar-refractivity contribution < 1.29 is 28.8 Å². The average molecular weight is 582 g/mol. The molecule has 0 saturated carbocycles. The van der Waals surface area contributed by atoms with Gasteiger partial charge in [-0.05, 0) is 78.0 Å². The maximum absolute atomic E-state index is 14.2.